The fourth-order valence-corrected chi connectivity index (χ4v) is 4.65. The zero-order chi connectivity index (χ0) is 22.2. The van der Waals surface area contributed by atoms with Gasteiger partial charge in [0.05, 0.1) is 25.3 Å². The summed E-state index contributed by atoms with van der Waals surface area (Å²) in [5, 5.41) is 2.97. The number of hydrogen-bond donors (Lipinski definition) is 1. The van der Waals surface area contributed by atoms with E-state index >= 15 is 0 Å². The molecule has 10 heteroatoms. The van der Waals surface area contributed by atoms with Crippen LogP contribution in [0.5, 0.6) is 17.5 Å². The number of benzene rings is 1. The van der Waals surface area contributed by atoms with Crippen molar-refractivity contribution in [2.45, 2.75) is 31.2 Å². The van der Waals surface area contributed by atoms with Crippen molar-refractivity contribution in [1.29, 1.82) is 0 Å². The van der Waals surface area contributed by atoms with Gasteiger partial charge in [-0.15, -0.1) is 0 Å². The van der Waals surface area contributed by atoms with E-state index in [1.54, 1.807) is 0 Å². The number of carbonyl (C=O) groups is 2. The Morgan fingerprint density at radius 3 is 2.35 bits per heavy atom. The topological polar surface area (TPSA) is 99.6 Å². The molecule has 2 aromatic rings. The first kappa shape index (κ1) is 21.3. The van der Waals surface area contributed by atoms with Gasteiger partial charge >= 0.3 is 0 Å². The second kappa shape index (κ2) is 7.96. The second-order valence-electron chi connectivity index (χ2n) is 8.12. The third kappa shape index (κ3) is 4.27. The van der Waals surface area contributed by atoms with E-state index in [4.69, 9.17) is 25.8 Å². The molecule has 0 aliphatic heterocycles. The number of hydrogen-bond acceptors (Lipinski definition) is 7. The molecule has 0 radical (unpaired) electrons. The maximum absolute atomic E-state index is 13.4. The highest BCUT2D eigenvalue weighted by atomic mass is 35.5. The number of aromatic nitrogens is 2. The summed E-state index contributed by atoms with van der Waals surface area (Å²) in [6.07, 6.45) is 2.46. The summed E-state index contributed by atoms with van der Waals surface area (Å²) in [5.74, 6) is -0.392. The highest BCUT2D eigenvalue weighted by Crippen LogP contribution is 2.69. The molecular weight excluding hydrogens is 429 g/mol. The molecule has 0 saturated heterocycles. The van der Waals surface area contributed by atoms with Crippen LogP contribution in [-0.2, 0) is 4.79 Å². The molecule has 3 aliphatic carbocycles. The molecule has 0 atom stereocenters. The summed E-state index contributed by atoms with van der Waals surface area (Å²) in [6, 6.07) is 5.53. The predicted molar refractivity (Wildman–Crippen MR) is 108 cm³/mol. The molecule has 1 N–H and O–H groups in total. The molecule has 31 heavy (non-hydrogen) atoms. The summed E-state index contributed by atoms with van der Waals surface area (Å²) in [6.45, 7) is -0.139. The minimum Gasteiger partial charge on any atom is -0.486 e. The summed E-state index contributed by atoms with van der Waals surface area (Å²) in [7, 11) is 2.89. The highest BCUT2D eigenvalue weighted by molar-refractivity contribution is 6.30. The van der Waals surface area contributed by atoms with E-state index in [1.807, 2.05) is 0 Å². The van der Waals surface area contributed by atoms with Crippen molar-refractivity contribution in [2.24, 2.45) is 5.41 Å². The number of halogens is 2. The SMILES string of the molecule is COc1cc(OC)nc(C(=O)NC23CC(CC(=O)COc4ccc(Cl)c(F)c4)(C2)C3)n1. The maximum Gasteiger partial charge on any atom is 0.289 e. The zero-order valence-corrected chi connectivity index (χ0v) is 17.8. The standard InChI is InChI=1S/C21H21ClFN3O5/c1-29-16-6-17(30-2)25-18(24-16)19(28)26-21-9-20(10-21,11-21)7-12(27)8-31-13-3-4-14(22)15(23)5-13/h3-6H,7-11H2,1-2H3,(H,26,28). The van der Waals surface area contributed by atoms with Gasteiger partial charge in [0, 0.05) is 18.0 Å². The molecule has 5 rings (SSSR count). The molecule has 164 valence electrons. The third-order valence-electron chi connectivity index (χ3n) is 5.68. The number of methoxy groups -OCH3 is 2. The van der Waals surface area contributed by atoms with Crippen molar-refractivity contribution < 1.29 is 28.2 Å². The number of rotatable bonds is 9. The Labute approximate surface area is 183 Å². The number of nitrogens with one attached hydrogen (secondary N) is 1. The van der Waals surface area contributed by atoms with E-state index < -0.39 is 11.7 Å². The summed E-state index contributed by atoms with van der Waals surface area (Å²) in [5.41, 5.74) is -0.455. The Balaban J connectivity index is 1.27. The van der Waals surface area contributed by atoms with Crippen molar-refractivity contribution in [3.05, 3.63) is 40.9 Å². The number of carbonyl (C=O) groups excluding carboxylic acids is 2. The van der Waals surface area contributed by atoms with Crippen molar-refractivity contribution in [1.82, 2.24) is 15.3 Å². The number of ether oxygens (including phenoxy) is 3. The van der Waals surface area contributed by atoms with Gasteiger partial charge in [-0.25, -0.2) is 4.39 Å². The highest BCUT2D eigenvalue weighted by Gasteiger charge is 2.68. The van der Waals surface area contributed by atoms with Gasteiger partial charge in [-0.2, -0.15) is 9.97 Å². The number of Topliss-reactive ketones (excluding diaryl/α,β-unsaturated/α-hetero) is 1. The molecule has 1 amide bonds. The van der Waals surface area contributed by atoms with Crippen molar-refractivity contribution in [3.63, 3.8) is 0 Å². The molecule has 0 unspecified atom stereocenters. The normalized spacial score (nSPS) is 23.2. The third-order valence-corrected chi connectivity index (χ3v) is 5.99. The largest absolute Gasteiger partial charge is 0.486 e. The van der Waals surface area contributed by atoms with Crippen molar-refractivity contribution in [2.75, 3.05) is 20.8 Å². The Hall–Kier alpha value is -2.94. The van der Waals surface area contributed by atoms with Crippen LogP contribution in [0.4, 0.5) is 4.39 Å². The molecule has 3 fully saturated rings. The molecule has 1 aromatic heterocycles. The number of amides is 1. The molecule has 8 nitrogen and oxygen atoms in total. The van der Waals surface area contributed by atoms with Gasteiger partial charge in [0.15, 0.2) is 5.78 Å². The predicted octanol–water partition coefficient (Wildman–Crippen LogP) is 2.98. The first-order valence-electron chi connectivity index (χ1n) is 9.65. The van der Waals surface area contributed by atoms with E-state index in [0.717, 1.165) is 6.07 Å². The summed E-state index contributed by atoms with van der Waals surface area (Å²) < 4.78 is 28.9. The lowest BCUT2D eigenvalue weighted by Gasteiger charge is -2.70. The second-order valence-corrected chi connectivity index (χ2v) is 8.53. The van der Waals surface area contributed by atoms with Gasteiger partial charge in [-0.3, -0.25) is 9.59 Å². The van der Waals surface area contributed by atoms with Crippen LogP contribution in [0.2, 0.25) is 5.02 Å². The molecule has 3 saturated carbocycles. The van der Waals surface area contributed by atoms with Gasteiger partial charge in [-0.1, -0.05) is 11.6 Å². The fraction of sp³-hybridized carbons (Fsp3) is 0.429. The van der Waals surface area contributed by atoms with Crippen LogP contribution in [0, 0.1) is 11.2 Å². The van der Waals surface area contributed by atoms with Gasteiger partial charge < -0.3 is 19.5 Å². The monoisotopic (exact) mass is 449 g/mol. The average molecular weight is 450 g/mol. The lowest BCUT2D eigenvalue weighted by molar-refractivity contribution is -0.162. The van der Waals surface area contributed by atoms with Gasteiger partial charge in [-0.05, 0) is 36.8 Å². The van der Waals surface area contributed by atoms with Crippen molar-refractivity contribution in [3.8, 4) is 17.5 Å². The average Bonchev–Trinajstić information content (AvgIpc) is 2.71. The van der Waals surface area contributed by atoms with E-state index in [-0.39, 0.29) is 51.7 Å². The quantitative estimate of drug-likeness (QED) is 0.628. The molecule has 1 aromatic carbocycles. The smallest absolute Gasteiger partial charge is 0.289 e. The Morgan fingerprint density at radius 1 is 1.13 bits per heavy atom. The maximum atomic E-state index is 13.4. The van der Waals surface area contributed by atoms with E-state index in [1.165, 1.54) is 32.4 Å². The molecule has 2 bridgehead atoms. The van der Waals surface area contributed by atoms with Crippen LogP contribution in [0.3, 0.4) is 0 Å². The summed E-state index contributed by atoms with van der Waals surface area (Å²) in [4.78, 5) is 33.0. The Kier molecular flexibility index (Phi) is 5.47. The number of ketones is 1. The first-order chi connectivity index (χ1) is 14.8. The van der Waals surface area contributed by atoms with Crippen LogP contribution in [0.25, 0.3) is 0 Å². The van der Waals surface area contributed by atoms with Gasteiger partial charge in [0.2, 0.25) is 17.6 Å². The molecule has 1 heterocycles. The van der Waals surface area contributed by atoms with Gasteiger partial charge in [0.1, 0.15) is 18.2 Å². The molecule has 0 spiro atoms. The fourth-order valence-electron chi connectivity index (χ4n) is 4.53. The number of nitrogens with zero attached hydrogens (tertiary/aromatic N) is 2. The van der Waals surface area contributed by atoms with E-state index in [2.05, 4.69) is 15.3 Å². The Bertz CT molecular complexity index is 1010. The van der Waals surface area contributed by atoms with Gasteiger partial charge in [0.25, 0.3) is 5.91 Å². The zero-order valence-electron chi connectivity index (χ0n) is 17.0. The summed E-state index contributed by atoms with van der Waals surface area (Å²) >= 11 is 5.63. The van der Waals surface area contributed by atoms with Crippen LogP contribution < -0.4 is 19.5 Å². The minimum absolute atomic E-state index is 0.00215. The van der Waals surface area contributed by atoms with Crippen molar-refractivity contribution >= 4 is 23.3 Å². The molecular formula is C21H21ClFN3O5. The Morgan fingerprint density at radius 2 is 1.77 bits per heavy atom. The lowest BCUT2D eigenvalue weighted by Crippen LogP contribution is -2.75. The van der Waals surface area contributed by atoms with Crippen LogP contribution in [0.1, 0.15) is 36.3 Å². The molecule has 3 aliphatic rings. The van der Waals surface area contributed by atoms with E-state index in [9.17, 15) is 14.0 Å². The lowest BCUT2D eigenvalue weighted by atomic mass is 9.38. The van der Waals surface area contributed by atoms with Crippen LogP contribution in [-0.4, -0.2) is 48.0 Å². The van der Waals surface area contributed by atoms with Crippen LogP contribution in [0.15, 0.2) is 24.3 Å². The van der Waals surface area contributed by atoms with Crippen LogP contribution >= 0.6 is 11.6 Å². The minimum atomic E-state index is -0.596. The van der Waals surface area contributed by atoms with E-state index in [0.29, 0.717) is 25.7 Å². The first-order valence-corrected chi connectivity index (χ1v) is 10.0.